The van der Waals surface area contributed by atoms with E-state index in [-0.39, 0.29) is 18.8 Å². The summed E-state index contributed by atoms with van der Waals surface area (Å²) in [4.78, 5) is 24.0. The van der Waals surface area contributed by atoms with Crippen molar-refractivity contribution in [2.75, 3.05) is 33.5 Å². The first-order valence-electron chi connectivity index (χ1n) is 11.4. The molecule has 0 saturated carbocycles. The third-order valence-electron chi connectivity index (χ3n) is 4.72. The maximum atomic E-state index is 12.3. The van der Waals surface area contributed by atoms with Crippen molar-refractivity contribution in [3.8, 4) is 0 Å². The third-order valence-corrected chi connectivity index (χ3v) is 4.72. The molecular weight excluding hydrogens is 400 g/mol. The van der Waals surface area contributed by atoms with Gasteiger partial charge in [-0.2, -0.15) is 0 Å². The number of ether oxygens (including phenoxy) is 4. The monoisotopic (exact) mass is 440 g/mol. The molecule has 0 aliphatic heterocycles. The highest BCUT2D eigenvalue weighted by Crippen LogP contribution is 2.13. The average molecular weight is 441 g/mol. The number of amides is 1. The van der Waals surface area contributed by atoms with Crippen LogP contribution >= 0.6 is 0 Å². The number of aromatic nitrogens is 3. The van der Waals surface area contributed by atoms with Crippen LogP contribution in [0.5, 0.6) is 0 Å². The van der Waals surface area contributed by atoms with Crippen molar-refractivity contribution in [1.82, 2.24) is 20.3 Å². The molecule has 9 nitrogen and oxygen atoms in total. The Kier molecular flexibility index (Phi) is 16.6. The Morgan fingerprint density at radius 1 is 0.968 bits per heavy atom. The molecule has 2 unspecified atom stereocenters. The van der Waals surface area contributed by atoms with Crippen molar-refractivity contribution in [1.29, 1.82) is 0 Å². The summed E-state index contributed by atoms with van der Waals surface area (Å²) in [5.74, 6) is 0.481. The van der Waals surface area contributed by atoms with Gasteiger partial charge in [0.05, 0.1) is 39.1 Å². The van der Waals surface area contributed by atoms with Crippen LogP contribution in [0.25, 0.3) is 0 Å². The second kappa shape index (κ2) is 18.9. The summed E-state index contributed by atoms with van der Waals surface area (Å²) in [5, 5.41) is 2.69. The summed E-state index contributed by atoms with van der Waals surface area (Å²) in [6.45, 7) is 6.49. The van der Waals surface area contributed by atoms with Crippen molar-refractivity contribution in [2.24, 2.45) is 0 Å². The molecule has 1 aromatic rings. The smallest absolute Gasteiger partial charge is 0.407 e. The second-order valence-corrected chi connectivity index (χ2v) is 7.45. The van der Waals surface area contributed by atoms with Crippen molar-refractivity contribution in [3.05, 3.63) is 18.5 Å². The van der Waals surface area contributed by atoms with Crippen molar-refractivity contribution >= 4 is 6.09 Å². The maximum Gasteiger partial charge on any atom is 0.407 e. The van der Waals surface area contributed by atoms with Gasteiger partial charge in [-0.3, -0.25) is 0 Å². The number of rotatable bonds is 19. The predicted molar refractivity (Wildman–Crippen MR) is 118 cm³/mol. The van der Waals surface area contributed by atoms with Gasteiger partial charge in [-0.25, -0.2) is 19.7 Å². The fraction of sp³-hybridized carbons (Fsp3) is 0.818. The largest absolute Gasteiger partial charge is 0.444 e. The highest BCUT2D eigenvalue weighted by Gasteiger charge is 2.18. The van der Waals surface area contributed by atoms with Crippen molar-refractivity contribution < 1.29 is 23.7 Å². The van der Waals surface area contributed by atoms with Crippen molar-refractivity contribution in [2.45, 2.75) is 84.0 Å². The first-order chi connectivity index (χ1) is 15.2. The minimum absolute atomic E-state index is 0.0195. The van der Waals surface area contributed by atoms with E-state index in [9.17, 15) is 4.79 Å². The molecule has 0 saturated heterocycles. The van der Waals surface area contributed by atoms with E-state index >= 15 is 0 Å². The van der Waals surface area contributed by atoms with Crippen LogP contribution < -0.4 is 5.32 Å². The minimum Gasteiger partial charge on any atom is -0.444 e. The van der Waals surface area contributed by atoms with Gasteiger partial charge in [0.15, 0.2) is 5.82 Å². The zero-order valence-electron chi connectivity index (χ0n) is 19.4. The number of hydrogen-bond donors (Lipinski definition) is 1. The van der Waals surface area contributed by atoms with Gasteiger partial charge >= 0.3 is 6.09 Å². The maximum absolute atomic E-state index is 12.3. The van der Waals surface area contributed by atoms with E-state index < -0.39 is 6.09 Å². The first kappa shape index (κ1) is 27.2. The number of carbonyl (C=O) groups is 1. The molecule has 178 valence electrons. The first-order valence-corrected chi connectivity index (χ1v) is 11.4. The van der Waals surface area contributed by atoms with Crippen LogP contribution in [-0.4, -0.2) is 66.8 Å². The van der Waals surface area contributed by atoms with E-state index in [1.54, 1.807) is 7.11 Å². The van der Waals surface area contributed by atoms with Crippen LogP contribution in [-0.2, 0) is 25.5 Å². The van der Waals surface area contributed by atoms with Gasteiger partial charge in [0.1, 0.15) is 18.8 Å². The van der Waals surface area contributed by atoms with Crippen LogP contribution in [0, 0.1) is 0 Å². The molecule has 9 heteroatoms. The zero-order chi connectivity index (χ0) is 22.6. The number of unbranched alkanes of at least 4 members (excludes halogenated alkanes) is 4. The topological polar surface area (TPSA) is 105 Å². The van der Waals surface area contributed by atoms with E-state index in [4.69, 9.17) is 18.9 Å². The Labute approximate surface area is 186 Å². The van der Waals surface area contributed by atoms with Gasteiger partial charge in [-0.05, 0) is 19.3 Å². The molecule has 1 N–H and O–H groups in total. The molecular formula is C22H40N4O5. The summed E-state index contributed by atoms with van der Waals surface area (Å²) in [6, 6.07) is 0. The summed E-state index contributed by atoms with van der Waals surface area (Å²) in [6.07, 6.45) is 10.2. The lowest BCUT2D eigenvalue weighted by molar-refractivity contribution is -0.0620. The van der Waals surface area contributed by atoms with E-state index in [1.165, 1.54) is 12.7 Å². The fourth-order valence-electron chi connectivity index (χ4n) is 2.93. The normalized spacial score (nSPS) is 13.0. The standard InChI is InChI=1S/C22H40N4O5/c1-4-6-8-10-19(15-29-13-12-28-3)30-16-20(11-9-7-5-2)31-22(27)24-14-21-25-17-23-18-26-21/h17-20H,4-16H2,1-3H3,(H,24,27). The van der Waals surface area contributed by atoms with Crippen molar-refractivity contribution in [3.63, 3.8) is 0 Å². The van der Waals surface area contributed by atoms with Crippen LogP contribution in [0.2, 0.25) is 0 Å². The van der Waals surface area contributed by atoms with Gasteiger partial charge in [-0.1, -0.05) is 46.0 Å². The van der Waals surface area contributed by atoms with E-state index in [0.29, 0.717) is 32.3 Å². The van der Waals surface area contributed by atoms with Gasteiger partial charge in [0.25, 0.3) is 0 Å². The Hall–Kier alpha value is -1.84. The zero-order valence-corrected chi connectivity index (χ0v) is 19.4. The van der Waals surface area contributed by atoms with Crippen LogP contribution in [0.1, 0.15) is 71.0 Å². The molecule has 1 amide bonds. The lowest BCUT2D eigenvalue weighted by Gasteiger charge is -2.23. The molecule has 0 fully saturated rings. The van der Waals surface area contributed by atoms with E-state index in [1.807, 2.05) is 0 Å². The third kappa shape index (κ3) is 14.7. The fourth-order valence-corrected chi connectivity index (χ4v) is 2.93. The van der Waals surface area contributed by atoms with Crippen LogP contribution in [0.3, 0.4) is 0 Å². The summed E-state index contributed by atoms with van der Waals surface area (Å²) >= 11 is 0. The number of hydrogen-bond acceptors (Lipinski definition) is 8. The van der Waals surface area contributed by atoms with Gasteiger partial charge in [-0.15, -0.1) is 0 Å². The molecule has 0 spiro atoms. The summed E-state index contributed by atoms with van der Waals surface area (Å²) in [5.41, 5.74) is 0. The highest BCUT2D eigenvalue weighted by atomic mass is 16.6. The Morgan fingerprint density at radius 2 is 1.65 bits per heavy atom. The molecule has 1 heterocycles. The summed E-state index contributed by atoms with van der Waals surface area (Å²) < 4.78 is 22.5. The lowest BCUT2D eigenvalue weighted by Crippen LogP contribution is -2.33. The average Bonchev–Trinajstić information content (AvgIpc) is 2.79. The molecule has 0 aliphatic carbocycles. The quantitative estimate of drug-likeness (QED) is 0.325. The van der Waals surface area contributed by atoms with E-state index in [2.05, 4.69) is 34.1 Å². The van der Waals surface area contributed by atoms with Crippen LogP contribution in [0.4, 0.5) is 4.79 Å². The Bertz CT molecular complexity index is 550. The number of nitrogens with one attached hydrogen (secondary N) is 1. The highest BCUT2D eigenvalue weighted by molar-refractivity contribution is 5.67. The van der Waals surface area contributed by atoms with Crippen LogP contribution in [0.15, 0.2) is 12.7 Å². The van der Waals surface area contributed by atoms with E-state index in [0.717, 1.165) is 51.4 Å². The molecule has 1 aromatic heterocycles. The molecule has 0 bridgehead atoms. The number of nitrogens with zero attached hydrogens (tertiary/aromatic N) is 3. The predicted octanol–water partition coefficient (Wildman–Crippen LogP) is 3.68. The summed E-state index contributed by atoms with van der Waals surface area (Å²) in [7, 11) is 1.66. The second-order valence-electron chi connectivity index (χ2n) is 7.45. The molecule has 0 radical (unpaired) electrons. The number of carbonyl (C=O) groups excluding carboxylic acids is 1. The number of alkyl carbamates (subject to hydrolysis) is 1. The van der Waals surface area contributed by atoms with Gasteiger partial charge < -0.3 is 24.3 Å². The molecule has 0 aliphatic rings. The number of methoxy groups -OCH3 is 1. The SMILES string of the molecule is CCCCCC(COCCOC)OCC(CCCCC)OC(=O)NCc1ncncn1. The Morgan fingerprint density at radius 3 is 2.29 bits per heavy atom. The lowest BCUT2D eigenvalue weighted by atomic mass is 10.1. The van der Waals surface area contributed by atoms with Gasteiger partial charge in [0, 0.05) is 7.11 Å². The molecule has 2 atom stereocenters. The minimum atomic E-state index is -0.496. The molecule has 31 heavy (non-hydrogen) atoms. The Balaban J connectivity index is 2.50. The van der Waals surface area contributed by atoms with Gasteiger partial charge in [0.2, 0.25) is 0 Å². The molecule has 0 aromatic carbocycles. The molecule has 1 rings (SSSR count).